The summed E-state index contributed by atoms with van der Waals surface area (Å²) in [4.78, 5) is 5.03. The van der Waals surface area contributed by atoms with Crippen LogP contribution in [0.4, 0.5) is 34.1 Å². The molecule has 0 N–H and O–H groups in total. The van der Waals surface area contributed by atoms with E-state index in [9.17, 15) is 0 Å². The van der Waals surface area contributed by atoms with Gasteiger partial charge in [0.25, 0.3) is 0 Å². The van der Waals surface area contributed by atoms with Crippen LogP contribution in [0.15, 0.2) is 215 Å². The molecule has 2 aliphatic carbocycles. The van der Waals surface area contributed by atoms with Crippen molar-refractivity contribution in [2.45, 2.75) is 64.7 Å². The van der Waals surface area contributed by atoms with E-state index in [0.717, 1.165) is 104 Å². The maximum absolute atomic E-state index is 7.07. The molecule has 366 valence electrons. The second kappa shape index (κ2) is 17.1. The van der Waals surface area contributed by atoms with Crippen molar-refractivity contribution < 1.29 is 8.83 Å². The fourth-order valence-corrected chi connectivity index (χ4v) is 13.1. The third-order valence-electron chi connectivity index (χ3n) is 16.8. The minimum atomic E-state index is -0.0939. The molecule has 0 saturated carbocycles. The minimum Gasteiger partial charge on any atom is -0.458 e. The maximum atomic E-state index is 7.07. The van der Waals surface area contributed by atoms with Gasteiger partial charge in [-0.1, -0.05) is 179 Å². The standard InChI is InChI=1S/C72H56N2O2/c1-44(2)58-43-64(74(51-26-16-24-48(40-51)46-21-9-6-10-22-46)62-32-18-30-56-53-28-12-14-34-66(53)76-71(56)62)59-42-60-67-49(37-38-72(60,3)4)41-63(57-36-35-54(58)68(59)69(57)67)73(50-25-15-23-47(39-50)45-19-7-5-8-20-45)61-31-17-29-55-52-27-11-13-33-65(52)75-70(55)61/h5-13,15-33,35-36,39-44H,14,34,37-38H2,1-4H3. The number of hydrogen-bond donors (Lipinski definition) is 0. The van der Waals surface area contributed by atoms with Gasteiger partial charge in [0.15, 0.2) is 11.2 Å². The average Bonchev–Trinajstić information content (AvgIpc) is 4.17. The molecule has 76 heavy (non-hydrogen) atoms. The normalized spacial score (nSPS) is 14.0. The largest absolute Gasteiger partial charge is 0.458 e. The molecule has 0 fully saturated rings. The van der Waals surface area contributed by atoms with Crippen LogP contribution < -0.4 is 9.80 Å². The number of allylic oxidation sites excluding steroid dienone is 1. The maximum Gasteiger partial charge on any atom is 0.159 e. The first-order valence-electron chi connectivity index (χ1n) is 27.1. The monoisotopic (exact) mass is 980 g/mol. The summed E-state index contributed by atoms with van der Waals surface area (Å²) in [6.45, 7) is 9.63. The topological polar surface area (TPSA) is 32.8 Å². The van der Waals surface area contributed by atoms with E-state index in [4.69, 9.17) is 8.83 Å². The third-order valence-corrected chi connectivity index (χ3v) is 16.8. The van der Waals surface area contributed by atoms with Crippen molar-refractivity contribution in [2.24, 2.45) is 0 Å². The number of nitrogens with zero attached hydrogens (tertiary/aromatic N) is 2. The van der Waals surface area contributed by atoms with Gasteiger partial charge in [-0.2, -0.15) is 0 Å². The van der Waals surface area contributed by atoms with E-state index >= 15 is 0 Å². The van der Waals surface area contributed by atoms with Crippen LogP contribution >= 0.6 is 0 Å². The van der Waals surface area contributed by atoms with E-state index in [2.05, 4.69) is 250 Å². The summed E-state index contributed by atoms with van der Waals surface area (Å²) in [5.41, 5.74) is 19.1. The Hall–Kier alpha value is -8.86. The number of aryl methyl sites for hydroxylation is 2. The fraction of sp³-hybridized carbons (Fsp3) is 0.139. The lowest BCUT2D eigenvalue weighted by atomic mass is 9.70. The molecule has 11 aromatic carbocycles. The number of para-hydroxylation sites is 3. The second-order valence-corrected chi connectivity index (χ2v) is 22.1. The molecule has 0 saturated heterocycles. The molecular formula is C72H56N2O2. The number of benzene rings is 11. The van der Waals surface area contributed by atoms with Gasteiger partial charge in [0.1, 0.15) is 11.3 Å². The summed E-state index contributed by atoms with van der Waals surface area (Å²) in [5.74, 6) is 1.29. The van der Waals surface area contributed by atoms with Crippen LogP contribution in [-0.2, 0) is 18.3 Å². The highest BCUT2D eigenvalue weighted by Crippen LogP contribution is 2.56. The number of rotatable bonds is 9. The van der Waals surface area contributed by atoms with E-state index in [1.165, 1.54) is 71.3 Å². The summed E-state index contributed by atoms with van der Waals surface area (Å²) >= 11 is 0. The number of furan rings is 2. The Morgan fingerprint density at radius 3 is 1.74 bits per heavy atom. The van der Waals surface area contributed by atoms with Gasteiger partial charge >= 0.3 is 0 Å². The molecule has 4 heteroatoms. The highest BCUT2D eigenvalue weighted by Gasteiger charge is 2.35. The van der Waals surface area contributed by atoms with Gasteiger partial charge in [-0.05, 0) is 146 Å². The van der Waals surface area contributed by atoms with Crippen molar-refractivity contribution in [3.8, 4) is 22.3 Å². The fourth-order valence-electron chi connectivity index (χ4n) is 13.1. The van der Waals surface area contributed by atoms with Gasteiger partial charge in [-0.25, -0.2) is 0 Å². The Labute approximate surface area is 443 Å². The van der Waals surface area contributed by atoms with Crippen molar-refractivity contribution >= 4 is 105 Å². The second-order valence-electron chi connectivity index (χ2n) is 22.1. The highest BCUT2D eigenvalue weighted by molar-refractivity contribution is 6.31. The molecule has 0 spiro atoms. The SMILES string of the molecule is CC(C)c1cc(N(c2cccc(-c3ccccc3)c2)c2cccc3c4c(oc23)CCC=C4)c2cc3c4c(cc(N(c5cccc(-c6ccccc6)c5)c5cccc6c5oc5ccccc56)c5ccc1c2c54)CCC3(C)C. The van der Waals surface area contributed by atoms with Crippen LogP contribution in [0.5, 0.6) is 0 Å². The molecular weight excluding hydrogens is 925 g/mol. The molecule has 2 aromatic heterocycles. The summed E-state index contributed by atoms with van der Waals surface area (Å²) in [7, 11) is 0. The van der Waals surface area contributed by atoms with E-state index in [1.807, 2.05) is 0 Å². The number of fused-ring (bicyclic) bond motifs is 6. The lowest BCUT2D eigenvalue weighted by molar-refractivity contribution is 0.475. The zero-order valence-corrected chi connectivity index (χ0v) is 43.3. The van der Waals surface area contributed by atoms with Crippen molar-refractivity contribution in [2.75, 3.05) is 9.80 Å². The van der Waals surface area contributed by atoms with Gasteiger partial charge in [-0.3, -0.25) is 0 Å². The number of anilines is 6. The molecule has 0 radical (unpaired) electrons. The Morgan fingerprint density at radius 1 is 0.447 bits per heavy atom. The van der Waals surface area contributed by atoms with E-state index < -0.39 is 0 Å². The van der Waals surface area contributed by atoms with E-state index in [1.54, 1.807) is 0 Å². The van der Waals surface area contributed by atoms with Crippen molar-refractivity contribution in [3.05, 3.63) is 234 Å². The minimum absolute atomic E-state index is 0.0939. The smallest absolute Gasteiger partial charge is 0.159 e. The molecule has 0 atom stereocenters. The predicted octanol–water partition coefficient (Wildman–Crippen LogP) is 20.8. The van der Waals surface area contributed by atoms with Gasteiger partial charge in [-0.15, -0.1) is 0 Å². The van der Waals surface area contributed by atoms with Crippen molar-refractivity contribution in [3.63, 3.8) is 0 Å². The Balaban J connectivity index is 1.07. The molecule has 0 aliphatic heterocycles. The Morgan fingerprint density at radius 2 is 1.04 bits per heavy atom. The first kappa shape index (κ1) is 44.6. The van der Waals surface area contributed by atoms with Crippen LogP contribution in [-0.4, -0.2) is 0 Å². The van der Waals surface area contributed by atoms with Crippen LogP contribution in [0.3, 0.4) is 0 Å². The Bertz CT molecular complexity index is 4480. The van der Waals surface area contributed by atoms with Crippen molar-refractivity contribution in [1.82, 2.24) is 0 Å². The van der Waals surface area contributed by atoms with Gasteiger partial charge in [0.2, 0.25) is 0 Å². The predicted molar refractivity (Wildman–Crippen MR) is 320 cm³/mol. The van der Waals surface area contributed by atoms with E-state index in [-0.39, 0.29) is 11.3 Å². The first-order chi connectivity index (χ1) is 37.3. The summed E-state index contributed by atoms with van der Waals surface area (Å²) in [5, 5.41) is 11.1. The lowest BCUT2D eigenvalue weighted by Crippen LogP contribution is -2.24. The molecule has 0 unspecified atom stereocenters. The van der Waals surface area contributed by atoms with Crippen molar-refractivity contribution in [1.29, 1.82) is 0 Å². The van der Waals surface area contributed by atoms with Gasteiger partial charge in [0, 0.05) is 55.7 Å². The molecule has 2 aliphatic rings. The molecule has 0 bridgehead atoms. The van der Waals surface area contributed by atoms with Crippen LogP contribution in [0.2, 0.25) is 0 Å². The van der Waals surface area contributed by atoms with Crippen LogP contribution in [0.1, 0.15) is 74.5 Å². The molecule has 13 aromatic rings. The van der Waals surface area contributed by atoms with Gasteiger partial charge in [0.05, 0.1) is 22.7 Å². The van der Waals surface area contributed by atoms with Crippen LogP contribution in [0.25, 0.3) is 93.6 Å². The molecule has 4 nitrogen and oxygen atoms in total. The third kappa shape index (κ3) is 6.83. The highest BCUT2D eigenvalue weighted by atomic mass is 16.3. The molecule has 2 heterocycles. The molecule has 15 rings (SSSR count). The zero-order valence-electron chi connectivity index (χ0n) is 43.3. The first-order valence-corrected chi connectivity index (χ1v) is 27.1. The average molecular weight is 981 g/mol. The summed E-state index contributed by atoms with van der Waals surface area (Å²) < 4.78 is 14.0. The lowest BCUT2D eigenvalue weighted by Gasteiger charge is -2.37. The summed E-state index contributed by atoms with van der Waals surface area (Å²) in [6, 6.07) is 74.0. The summed E-state index contributed by atoms with van der Waals surface area (Å²) in [6.07, 6.45) is 8.41. The Kier molecular flexibility index (Phi) is 10.0. The molecule has 0 amide bonds. The van der Waals surface area contributed by atoms with Crippen LogP contribution in [0, 0.1) is 0 Å². The van der Waals surface area contributed by atoms with Gasteiger partial charge < -0.3 is 18.6 Å². The van der Waals surface area contributed by atoms with E-state index in [0.29, 0.717) is 0 Å². The number of hydrogen-bond acceptors (Lipinski definition) is 4. The zero-order chi connectivity index (χ0) is 50.8. The quantitative estimate of drug-likeness (QED) is 0.135.